The van der Waals surface area contributed by atoms with Crippen molar-refractivity contribution >= 4 is 17.5 Å². The monoisotopic (exact) mass is 312 g/mol. The smallest absolute Gasteiger partial charge is 0.255 e. The minimum absolute atomic E-state index is 0.259. The SMILES string of the molecule is NC(=O)c1ccccc1NC(=O)c1ccc2c(c1)OCCCO2. The van der Waals surface area contributed by atoms with Gasteiger partial charge in [0, 0.05) is 12.0 Å². The summed E-state index contributed by atoms with van der Waals surface area (Å²) in [5.41, 5.74) is 6.35. The molecular weight excluding hydrogens is 296 g/mol. The number of para-hydroxylation sites is 1. The normalized spacial score (nSPS) is 13.0. The van der Waals surface area contributed by atoms with Gasteiger partial charge >= 0.3 is 0 Å². The molecule has 2 amide bonds. The quantitative estimate of drug-likeness (QED) is 0.909. The molecule has 3 rings (SSSR count). The van der Waals surface area contributed by atoms with Gasteiger partial charge in [-0.05, 0) is 30.3 Å². The van der Waals surface area contributed by atoms with Gasteiger partial charge in [0.05, 0.1) is 24.5 Å². The van der Waals surface area contributed by atoms with E-state index >= 15 is 0 Å². The van der Waals surface area contributed by atoms with E-state index in [0.717, 1.165) is 6.42 Å². The van der Waals surface area contributed by atoms with Crippen LogP contribution in [0.5, 0.6) is 11.5 Å². The van der Waals surface area contributed by atoms with Gasteiger partial charge in [-0.3, -0.25) is 9.59 Å². The number of hydrogen-bond acceptors (Lipinski definition) is 4. The molecule has 0 bridgehead atoms. The summed E-state index contributed by atoms with van der Waals surface area (Å²) in [5.74, 6) is 0.212. The standard InChI is InChI=1S/C17H16N2O4/c18-16(20)12-4-1-2-5-13(12)19-17(21)11-6-7-14-15(10-11)23-9-3-8-22-14/h1-2,4-7,10H,3,8-9H2,(H2,18,20)(H,19,21). The molecule has 1 aliphatic heterocycles. The Morgan fingerprint density at radius 1 is 1.00 bits per heavy atom. The summed E-state index contributed by atoms with van der Waals surface area (Å²) in [6.07, 6.45) is 0.794. The zero-order valence-corrected chi connectivity index (χ0v) is 12.4. The molecule has 2 aromatic rings. The number of carbonyl (C=O) groups is 2. The number of fused-ring (bicyclic) bond motifs is 1. The molecule has 0 spiro atoms. The van der Waals surface area contributed by atoms with Crippen LogP contribution in [0.15, 0.2) is 42.5 Å². The first-order valence-electron chi connectivity index (χ1n) is 7.25. The van der Waals surface area contributed by atoms with Crippen LogP contribution in [0.4, 0.5) is 5.69 Å². The van der Waals surface area contributed by atoms with Gasteiger partial charge in [0.25, 0.3) is 11.8 Å². The Morgan fingerprint density at radius 3 is 2.52 bits per heavy atom. The van der Waals surface area contributed by atoms with Crippen LogP contribution in [0.1, 0.15) is 27.1 Å². The van der Waals surface area contributed by atoms with Crippen LogP contribution in [0, 0.1) is 0 Å². The van der Waals surface area contributed by atoms with E-state index in [1.807, 2.05) is 0 Å². The summed E-state index contributed by atoms with van der Waals surface area (Å²) in [4.78, 5) is 23.8. The topological polar surface area (TPSA) is 90.7 Å². The Bertz CT molecular complexity index is 758. The minimum Gasteiger partial charge on any atom is -0.490 e. The van der Waals surface area contributed by atoms with Crippen molar-refractivity contribution in [3.63, 3.8) is 0 Å². The van der Waals surface area contributed by atoms with E-state index in [1.54, 1.807) is 42.5 Å². The van der Waals surface area contributed by atoms with Gasteiger partial charge in [0.1, 0.15) is 0 Å². The molecule has 3 N–H and O–H groups in total. The molecule has 0 saturated heterocycles. The third-order valence-corrected chi connectivity index (χ3v) is 3.45. The first kappa shape index (κ1) is 14.9. The molecule has 6 nitrogen and oxygen atoms in total. The Morgan fingerprint density at radius 2 is 1.74 bits per heavy atom. The first-order valence-corrected chi connectivity index (χ1v) is 7.25. The predicted octanol–water partition coefficient (Wildman–Crippen LogP) is 2.20. The van der Waals surface area contributed by atoms with E-state index in [2.05, 4.69) is 5.32 Å². The minimum atomic E-state index is -0.598. The fourth-order valence-electron chi connectivity index (χ4n) is 2.31. The highest BCUT2D eigenvalue weighted by atomic mass is 16.5. The van der Waals surface area contributed by atoms with Gasteiger partial charge < -0.3 is 20.5 Å². The van der Waals surface area contributed by atoms with Crippen LogP contribution in [0.25, 0.3) is 0 Å². The average molecular weight is 312 g/mol. The van der Waals surface area contributed by atoms with Gasteiger partial charge in [-0.2, -0.15) is 0 Å². The second-order valence-corrected chi connectivity index (χ2v) is 5.08. The second-order valence-electron chi connectivity index (χ2n) is 5.08. The van der Waals surface area contributed by atoms with Crippen molar-refractivity contribution in [2.24, 2.45) is 5.73 Å². The fourth-order valence-corrected chi connectivity index (χ4v) is 2.31. The molecule has 0 aromatic heterocycles. The van der Waals surface area contributed by atoms with Crippen LogP contribution in [-0.4, -0.2) is 25.0 Å². The van der Waals surface area contributed by atoms with Gasteiger partial charge in [-0.1, -0.05) is 12.1 Å². The Balaban J connectivity index is 1.84. The number of benzene rings is 2. The van der Waals surface area contributed by atoms with E-state index in [0.29, 0.717) is 36.0 Å². The van der Waals surface area contributed by atoms with Crippen molar-refractivity contribution in [3.05, 3.63) is 53.6 Å². The molecule has 1 heterocycles. The number of nitrogens with two attached hydrogens (primary N) is 1. The van der Waals surface area contributed by atoms with Gasteiger partial charge in [0.15, 0.2) is 11.5 Å². The lowest BCUT2D eigenvalue weighted by molar-refractivity contribution is 0.100. The zero-order valence-electron chi connectivity index (χ0n) is 12.4. The Labute approximate surface area is 133 Å². The molecular formula is C17H16N2O4. The summed E-state index contributed by atoms with van der Waals surface area (Å²) >= 11 is 0. The predicted molar refractivity (Wildman–Crippen MR) is 85.0 cm³/mol. The molecule has 0 aliphatic carbocycles. The van der Waals surface area contributed by atoms with Crippen LogP contribution in [-0.2, 0) is 0 Å². The van der Waals surface area contributed by atoms with Crippen LogP contribution in [0.2, 0.25) is 0 Å². The van der Waals surface area contributed by atoms with E-state index in [9.17, 15) is 9.59 Å². The lowest BCUT2D eigenvalue weighted by Crippen LogP contribution is -2.18. The number of ether oxygens (including phenoxy) is 2. The third-order valence-electron chi connectivity index (χ3n) is 3.45. The highest BCUT2D eigenvalue weighted by Crippen LogP contribution is 2.30. The lowest BCUT2D eigenvalue weighted by Gasteiger charge is -2.11. The maximum absolute atomic E-state index is 12.4. The molecule has 2 aromatic carbocycles. The maximum atomic E-state index is 12.4. The highest BCUT2D eigenvalue weighted by Gasteiger charge is 2.16. The maximum Gasteiger partial charge on any atom is 0.255 e. The van der Waals surface area contributed by atoms with Crippen LogP contribution in [0.3, 0.4) is 0 Å². The van der Waals surface area contributed by atoms with Crippen LogP contribution >= 0.6 is 0 Å². The first-order chi connectivity index (χ1) is 11.1. The number of rotatable bonds is 3. The van der Waals surface area contributed by atoms with Crippen molar-refractivity contribution in [2.45, 2.75) is 6.42 Å². The molecule has 23 heavy (non-hydrogen) atoms. The molecule has 0 fully saturated rings. The highest BCUT2D eigenvalue weighted by molar-refractivity contribution is 6.08. The molecule has 0 saturated carbocycles. The summed E-state index contributed by atoms with van der Waals surface area (Å²) < 4.78 is 11.1. The van der Waals surface area contributed by atoms with Gasteiger partial charge in [0.2, 0.25) is 0 Å². The molecule has 1 aliphatic rings. The fraction of sp³-hybridized carbons (Fsp3) is 0.176. The van der Waals surface area contributed by atoms with Gasteiger partial charge in [-0.15, -0.1) is 0 Å². The summed E-state index contributed by atoms with van der Waals surface area (Å²) in [5, 5.41) is 2.69. The van der Waals surface area contributed by atoms with Crippen molar-refractivity contribution in [1.82, 2.24) is 0 Å². The molecule has 118 valence electrons. The second kappa shape index (κ2) is 6.39. The van der Waals surface area contributed by atoms with Gasteiger partial charge in [-0.25, -0.2) is 0 Å². The largest absolute Gasteiger partial charge is 0.490 e. The molecule has 0 unspecified atom stereocenters. The number of anilines is 1. The third kappa shape index (κ3) is 3.26. The Hall–Kier alpha value is -3.02. The lowest BCUT2D eigenvalue weighted by atomic mass is 10.1. The van der Waals surface area contributed by atoms with Crippen molar-refractivity contribution in [2.75, 3.05) is 18.5 Å². The van der Waals surface area contributed by atoms with E-state index in [4.69, 9.17) is 15.2 Å². The number of hydrogen-bond donors (Lipinski definition) is 2. The van der Waals surface area contributed by atoms with Crippen molar-refractivity contribution < 1.29 is 19.1 Å². The number of nitrogens with one attached hydrogen (secondary N) is 1. The van der Waals surface area contributed by atoms with Crippen molar-refractivity contribution in [1.29, 1.82) is 0 Å². The van der Waals surface area contributed by atoms with Crippen LogP contribution < -0.4 is 20.5 Å². The molecule has 0 atom stereocenters. The summed E-state index contributed by atoms with van der Waals surface area (Å²) in [7, 11) is 0. The van der Waals surface area contributed by atoms with E-state index < -0.39 is 5.91 Å². The van der Waals surface area contributed by atoms with E-state index in [-0.39, 0.29) is 11.5 Å². The molecule has 0 radical (unpaired) electrons. The molecule has 6 heteroatoms. The number of carbonyl (C=O) groups excluding carboxylic acids is 2. The number of amides is 2. The zero-order chi connectivity index (χ0) is 16.2. The summed E-state index contributed by atoms with van der Waals surface area (Å²) in [6.45, 7) is 1.13. The average Bonchev–Trinajstić information content (AvgIpc) is 2.79. The Kier molecular flexibility index (Phi) is 4.14. The summed E-state index contributed by atoms with van der Waals surface area (Å²) in [6, 6.07) is 11.6. The number of primary amides is 1. The van der Waals surface area contributed by atoms with E-state index in [1.165, 1.54) is 0 Å². The van der Waals surface area contributed by atoms with Crippen molar-refractivity contribution in [3.8, 4) is 11.5 Å².